The van der Waals surface area contributed by atoms with E-state index in [0.29, 0.717) is 11.3 Å². The minimum atomic E-state index is -0.832. The van der Waals surface area contributed by atoms with Crippen LogP contribution in [0.2, 0.25) is 0 Å². The van der Waals surface area contributed by atoms with E-state index in [0.717, 1.165) is 8.47 Å². The van der Waals surface area contributed by atoms with Gasteiger partial charge in [0.05, 0.1) is 19.1 Å². The van der Waals surface area contributed by atoms with Crippen LogP contribution in [0.5, 0.6) is 11.5 Å². The number of carbonyl (C=O) groups excluding carboxylic acids is 4. The van der Waals surface area contributed by atoms with Crippen LogP contribution in [-0.2, 0) is 9.59 Å². The maximum absolute atomic E-state index is 13.0. The molecule has 1 fully saturated rings. The van der Waals surface area contributed by atoms with Crippen molar-refractivity contribution in [1.29, 1.82) is 0 Å². The summed E-state index contributed by atoms with van der Waals surface area (Å²) in [5.74, 6) is -1.96. The number of esters is 1. The number of hydrogen-bond acceptors (Lipinski definition) is 7. The number of furan rings is 1. The van der Waals surface area contributed by atoms with Crippen LogP contribution in [0.4, 0.5) is 10.5 Å². The molecule has 33 heavy (non-hydrogen) atoms. The number of hydrogen-bond donors (Lipinski definition) is 1. The Morgan fingerprint density at radius 1 is 1.06 bits per heavy atom. The molecule has 1 aromatic heterocycles. The Bertz CT molecular complexity index is 1280. The summed E-state index contributed by atoms with van der Waals surface area (Å²) in [6, 6.07) is 13.4. The Balaban J connectivity index is 1.63. The number of methoxy groups -OCH3 is 1. The molecule has 0 radical (unpaired) electrons. The molecule has 0 atom stereocenters. The van der Waals surface area contributed by atoms with Crippen LogP contribution in [0.15, 0.2) is 70.9 Å². The third-order valence-corrected chi connectivity index (χ3v) is 5.33. The summed E-state index contributed by atoms with van der Waals surface area (Å²) >= 11 is 2.10. The van der Waals surface area contributed by atoms with Gasteiger partial charge in [-0.15, -0.1) is 0 Å². The van der Waals surface area contributed by atoms with Gasteiger partial charge in [0.2, 0.25) is 5.76 Å². The number of barbiturate groups is 1. The van der Waals surface area contributed by atoms with Crippen LogP contribution in [0.25, 0.3) is 6.08 Å². The van der Waals surface area contributed by atoms with Crippen LogP contribution >= 0.6 is 22.6 Å². The molecular weight excluding hydrogens is 543 g/mol. The highest BCUT2D eigenvalue weighted by atomic mass is 127. The van der Waals surface area contributed by atoms with Gasteiger partial charge in [0.15, 0.2) is 11.5 Å². The highest BCUT2D eigenvalue weighted by Crippen LogP contribution is 2.30. The molecule has 0 spiro atoms. The van der Waals surface area contributed by atoms with E-state index in [2.05, 4.69) is 27.9 Å². The zero-order valence-electron chi connectivity index (χ0n) is 17.0. The summed E-state index contributed by atoms with van der Waals surface area (Å²) in [6.45, 7) is 0. The standard InChI is InChI=1S/C23H15IN2O7/c1-31-19-12-13(4-9-17(19)33-22(29)18-3-2-10-32-18)11-16-20(27)25-23(30)26(21(16)28)15-7-5-14(24)6-8-15/h2-12H,1H3,(H,25,27,30)/b16-11+. The van der Waals surface area contributed by atoms with Crippen LogP contribution in [0.3, 0.4) is 0 Å². The van der Waals surface area contributed by atoms with Crippen molar-refractivity contribution in [2.24, 2.45) is 0 Å². The maximum Gasteiger partial charge on any atom is 0.379 e. The third kappa shape index (κ3) is 4.65. The first-order chi connectivity index (χ1) is 15.9. The van der Waals surface area contributed by atoms with E-state index in [-0.39, 0.29) is 22.8 Å². The zero-order valence-corrected chi connectivity index (χ0v) is 19.2. The topological polar surface area (TPSA) is 115 Å². The van der Waals surface area contributed by atoms with Gasteiger partial charge in [0.25, 0.3) is 11.8 Å². The molecule has 166 valence electrons. The Morgan fingerprint density at radius 3 is 2.48 bits per heavy atom. The SMILES string of the molecule is COc1cc(/C=C2\C(=O)NC(=O)N(c3ccc(I)cc3)C2=O)ccc1OC(=O)c1ccco1. The minimum Gasteiger partial charge on any atom is -0.493 e. The normalized spacial score (nSPS) is 14.9. The highest BCUT2D eigenvalue weighted by molar-refractivity contribution is 14.1. The Labute approximate surface area is 201 Å². The van der Waals surface area contributed by atoms with Crippen molar-refractivity contribution in [2.45, 2.75) is 0 Å². The molecule has 0 aliphatic carbocycles. The lowest BCUT2D eigenvalue weighted by atomic mass is 10.1. The first-order valence-electron chi connectivity index (χ1n) is 9.48. The van der Waals surface area contributed by atoms with Crippen molar-refractivity contribution in [2.75, 3.05) is 12.0 Å². The number of anilines is 1. The van der Waals surface area contributed by atoms with Gasteiger partial charge in [0.1, 0.15) is 5.57 Å². The fourth-order valence-electron chi connectivity index (χ4n) is 3.05. The van der Waals surface area contributed by atoms with Crippen molar-refractivity contribution in [1.82, 2.24) is 5.32 Å². The molecule has 1 N–H and O–H groups in total. The van der Waals surface area contributed by atoms with Crippen molar-refractivity contribution in [3.05, 3.63) is 81.3 Å². The molecule has 0 saturated carbocycles. The average Bonchev–Trinajstić information content (AvgIpc) is 3.34. The van der Waals surface area contributed by atoms with E-state index in [1.807, 2.05) is 0 Å². The number of nitrogens with zero attached hydrogens (tertiary/aromatic N) is 1. The summed E-state index contributed by atoms with van der Waals surface area (Å²) < 4.78 is 16.5. The number of amides is 4. The molecule has 3 aromatic rings. The van der Waals surface area contributed by atoms with Crippen molar-refractivity contribution in [3.8, 4) is 11.5 Å². The van der Waals surface area contributed by atoms with Gasteiger partial charge in [-0.2, -0.15) is 0 Å². The minimum absolute atomic E-state index is 0.0214. The van der Waals surface area contributed by atoms with Gasteiger partial charge in [-0.25, -0.2) is 14.5 Å². The van der Waals surface area contributed by atoms with E-state index in [1.54, 1.807) is 30.3 Å². The number of ether oxygens (including phenoxy) is 2. The number of halogens is 1. The molecule has 1 aliphatic rings. The molecule has 4 amide bonds. The Kier molecular flexibility index (Phi) is 6.27. The number of urea groups is 1. The van der Waals surface area contributed by atoms with Gasteiger partial charge in [0, 0.05) is 3.57 Å². The summed E-state index contributed by atoms with van der Waals surface area (Å²) in [7, 11) is 1.38. The quantitative estimate of drug-likeness (QED) is 0.167. The summed E-state index contributed by atoms with van der Waals surface area (Å²) in [5, 5.41) is 2.17. The molecule has 2 aromatic carbocycles. The monoisotopic (exact) mass is 558 g/mol. The number of benzene rings is 2. The maximum atomic E-state index is 13.0. The lowest BCUT2D eigenvalue weighted by Crippen LogP contribution is -2.54. The van der Waals surface area contributed by atoms with E-state index >= 15 is 0 Å². The lowest BCUT2D eigenvalue weighted by molar-refractivity contribution is -0.122. The number of imide groups is 2. The van der Waals surface area contributed by atoms with Crippen LogP contribution in [0.1, 0.15) is 16.1 Å². The fourth-order valence-corrected chi connectivity index (χ4v) is 3.41. The first-order valence-corrected chi connectivity index (χ1v) is 10.6. The molecule has 1 aliphatic heterocycles. The molecule has 0 unspecified atom stereocenters. The molecule has 9 nitrogen and oxygen atoms in total. The number of nitrogens with one attached hydrogen (secondary N) is 1. The van der Waals surface area contributed by atoms with Crippen LogP contribution < -0.4 is 19.7 Å². The summed E-state index contributed by atoms with van der Waals surface area (Å²) in [6.07, 6.45) is 2.67. The molecule has 1 saturated heterocycles. The third-order valence-electron chi connectivity index (χ3n) is 4.61. The number of carbonyl (C=O) groups is 4. The fraction of sp³-hybridized carbons (Fsp3) is 0.0435. The smallest absolute Gasteiger partial charge is 0.379 e. The molecular formula is C23H15IN2O7. The largest absolute Gasteiger partial charge is 0.493 e. The van der Waals surface area contributed by atoms with Gasteiger partial charge in [-0.05, 0) is 82.8 Å². The molecule has 10 heteroatoms. The Morgan fingerprint density at radius 2 is 1.82 bits per heavy atom. The second-order valence-electron chi connectivity index (χ2n) is 6.71. The zero-order chi connectivity index (χ0) is 23.5. The van der Waals surface area contributed by atoms with Gasteiger partial charge >= 0.3 is 12.0 Å². The molecule has 4 rings (SSSR count). The summed E-state index contributed by atoms with van der Waals surface area (Å²) in [5.41, 5.74) is 0.504. The van der Waals surface area contributed by atoms with E-state index in [9.17, 15) is 19.2 Å². The van der Waals surface area contributed by atoms with Crippen LogP contribution in [0, 0.1) is 3.57 Å². The van der Waals surface area contributed by atoms with Gasteiger partial charge in [-0.3, -0.25) is 14.9 Å². The average molecular weight is 558 g/mol. The van der Waals surface area contributed by atoms with Crippen molar-refractivity contribution < 1.29 is 33.1 Å². The van der Waals surface area contributed by atoms with Crippen molar-refractivity contribution in [3.63, 3.8) is 0 Å². The summed E-state index contributed by atoms with van der Waals surface area (Å²) in [4.78, 5) is 50.7. The van der Waals surface area contributed by atoms with Gasteiger partial charge < -0.3 is 13.9 Å². The van der Waals surface area contributed by atoms with E-state index < -0.39 is 23.8 Å². The molecule has 0 bridgehead atoms. The van der Waals surface area contributed by atoms with Crippen LogP contribution in [-0.4, -0.2) is 30.9 Å². The van der Waals surface area contributed by atoms with Crippen molar-refractivity contribution >= 4 is 58.2 Å². The first kappa shape index (κ1) is 22.3. The highest BCUT2D eigenvalue weighted by Gasteiger charge is 2.36. The predicted molar refractivity (Wildman–Crippen MR) is 125 cm³/mol. The lowest BCUT2D eigenvalue weighted by Gasteiger charge is -2.26. The molecule has 2 heterocycles. The number of rotatable bonds is 5. The van der Waals surface area contributed by atoms with E-state index in [4.69, 9.17) is 13.9 Å². The van der Waals surface area contributed by atoms with Gasteiger partial charge in [-0.1, -0.05) is 6.07 Å². The Hall–Kier alpha value is -3.93. The predicted octanol–water partition coefficient (Wildman–Crippen LogP) is 3.78. The van der Waals surface area contributed by atoms with E-state index in [1.165, 1.54) is 43.7 Å². The second-order valence-corrected chi connectivity index (χ2v) is 7.96. The second kappa shape index (κ2) is 9.28.